The zero-order valence-corrected chi connectivity index (χ0v) is 14.3. The van der Waals surface area contributed by atoms with E-state index in [1.807, 2.05) is 0 Å². The first-order chi connectivity index (χ1) is 12.8. The molecule has 0 saturated heterocycles. The van der Waals surface area contributed by atoms with E-state index in [9.17, 15) is 24.5 Å². The van der Waals surface area contributed by atoms with Crippen LogP contribution in [-0.4, -0.2) is 22.6 Å². The zero-order chi connectivity index (χ0) is 19.8. The van der Waals surface area contributed by atoms with Crippen molar-refractivity contribution in [3.05, 3.63) is 75.8 Å². The summed E-state index contributed by atoms with van der Waals surface area (Å²) in [5.74, 6) is -1.37. The largest absolute Gasteiger partial charge is 0.326 e. The molecule has 0 fully saturated rings. The first-order valence-corrected chi connectivity index (χ1v) is 7.75. The maximum atomic E-state index is 12.0. The van der Waals surface area contributed by atoms with Gasteiger partial charge in [-0.2, -0.15) is 0 Å². The van der Waals surface area contributed by atoms with Gasteiger partial charge in [0.1, 0.15) is 0 Å². The predicted octanol–water partition coefficient (Wildman–Crippen LogP) is 2.03. The number of non-ortho nitro benzene ring substituents is 1. The highest BCUT2D eigenvalue weighted by Gasteiger charge is 2.07. The number of anilines is 1. The van der Waals surface area contributed by atoms with Crippen molar-refractivity contribution in [1.82, 2.24) is 10.9 Å². The molecule has 0 atom stereocenters. The summed E-state index contributed by atoms with van der Waals surface area (Å²) in [4.78, 5) is 44.8. The average molecular weight is 368 g/mol. The normalized spacial score (nSPS) is 10.3. The fraction of sp³-hybridized carbons (Fsp3) is 0.0556. The Morgan fingerprint density at radius 2 is 1.74 bits per heavy atom. The first-order valence-electron chi connectivity index (χ1n) is 7.75. The van der Waals surface area contributed by atoms with Crippen molar-refractivity contribution in [1.29, 1.82) is 0 Å². The van der Waals surface area contributed by atoms with Gasteiger partial charge in [-0.1, -0.05) is 12.1 Å². The quantitative estimate of drug-likeness (QED) is 0.422. The fourth-order valence-corrected chi connectivity index (χ4v) is 2.05. The molecule has 0 heterocycles. The molecule has 2 aromatic rings. The Morgan fingerprint density at radius 1 is 1.04 bits per heavy atom. The fourth-order valence-electron chi connectivity index (χ4n) is 2.05. The van der Waals surface area contributed by atoms with Gasteiger partial charge in [-0.15, -0.1) is 0 Å². The summed E-state index contributed by atoms with van der Waals surface area (Å²) in [5.41, 5.74) is 5.66. The third-order valence-corrected chi connectivity index (χ3v) is 3.27. The van der Waals surface area contributed by atoms with E-state index in [-0.39, 0.29) is 17.2 Å². The Balaban J connectivity index is 1.89. The summed E-state index contributed by atoms with van der Waals surface area (Å²) >= 11 is 0. The average Bonchev–Trinajstić information content (AvgIpc) is 2.64. The maximum Gasteiger partial charge on any atom is 0.270 e. The molecule has 9 nitrogen and oxygen atoms in total. The minimum atomic E-state index is -0.607. The Hall–Kier alpha value is -4.01. The summed E-state index contributed by atoms with van der Waals surface area (Å²) in [5, 5.41) is 13.3. The van der Waals surface area contributed by atoms with Gasteiger partial charge in [-0.3, -0.25) is 35.3 Å². The standard InChI is InChI=1S/C18H16N4O5/c1-12(23)19-15-8-6-14(7-9-15)18(25)21-20-17(24)10-5-13-3-2-4-16(11-13)22(26)27/h2-11H,1H3,(H,19,23)(H,20,24)(H,21,25)/b10-5+. The summed E-state index contributed by atoms with van der Waals surface area (Å²) in [6.45, 7) is 1.37. The molecule has 0 spiro atoms. The van der Waals surface area contributed by atoms with E-state index in [1.165, 1.54) is 43.3 Å². The van der Waals surface area contributed by atoms with Crippen LogP contribution in [0.4, 0.5) is 11.4 Å². The van der Waals surface area contributed by atoms with E-state index in [0.717, 1.165) is 6.08 Å². The SMILES string of the molecule is CC(=O)Nc1ccc(C(=O)NNC(=O)/C=C/c2cccc([N+](=O)[O-])c2)cc1. The number of nitro benzene ring substituents is 1. The van der Waals surface area contributed by atoms with Crippen molar-refractivity contribution < 1.29 is 19.3 Å². The number of carbonyl (C=O) groups is 3. The van der Waals surface area contributed by atoms with Crippen LogP contribution in [0.5, 0.6) is 0 Å². The van der Waals surface area contributed by atoms with Gasteiger partial charge in [0.25, 0.3) is 17.5 Å². The minimum Gasteiger partial charge on any atom is -0.326 e. The second kappa shape index (κ2) is 8.90. The van der Waals surface area contributed by atoms with E-state index in [4.69, 9.17) is 0 Å². The molecular weight excluding hydrogens is 352 g/mol. The van der Waals surface area contributed by atoms with Crippen molar-refractivity contribution in [2.45, 2.75) is 6.92 Å². The maximum absolute atomic E-state index is 12.0. The van der Waals surface area contributed by atoms with Crippen molar-refractivity contribution in [3.63, 3.8) is 0 Å². The topological polar surface area (TPSA) is 130 Å². The van der Waals surface area contributed by atoms with Gasteiger partial charge < -0.3 is 5.32 Å². The molecule has 0 aliphatic rings. The molecule has 0 aliphatic heterocycles. The van der Waals surface area contributed by atoms with E-state index in [0.29, 0.717) is 11.3 Å². The van der Waals surface area contributed by atoms with Gasteiger partial charge in [0.15, 0.2) is 0 Å². The molecule has 3 amide bonds. The molecule has 0 unspecified atom stereocenters. The van der Waals surface area contributed by atoms with E-state index < -0.39 is 16.7 Å². The number of nitro groups is 1. The number of nitrogens with zero attached hydrogens (tertiary/aromatic N) is 1. The minimum absolute atomic E-state index is 0.0893. The first kappa shape index (κ1) is 19.3. The molecule has 0 bridgehead atoms. The summed E-state index contributed by atoms with van der Waals surface area (Å²) in [7, 11) is 0. The van der Waals surface area contributed by atoms with Gasteiger partial charge >= 0.3 is 0 Å². The number of benzene rings is 2. The molecule has 27 heavy (non-hydrogen) atoms. The highest BCUT2D eigenvalue weighted by atomic mass is 16.6. The van der Waals surface area contributed by atoms with E-state index >= 15 is 0 Å². The van der Waals surface area contributed by atoms with E-state index in [1.54, 1.807) is 18.2 Å². The van der Waals surface area contributed by atoms with Crippen LogP contribution in [0.3, 0.4) is 0 Å². The number of hydrogen-bond donors (Lipinski definition) is 3. The molecule has 0 aromatic heterocycles. The van der Waals surface area contributed by atoms with Crippen LogP contribution in [0.1, 0.15) is 22.8 Å². The number of carbonyl (C=O) groups excluding carboxylic acids is 3. The van der Waals surface area contributed by atoms with Crippen molar-refractivity contribution >= 4 is 35.2 Å². The van der Waals surface area contributed by atoms with Crippen LogP contribution in [0.2, 0.25) is 0 Å². The second-order valence-corrected chi connectivity index (χ2v) is 5.39. The van der Waals surface area contributed by atoms with Crippen molar-refractivity contribution in [2.24, 2.45) is 0 Å². The molecule has 9 heteroatoms. The lowest BCUT2D eigenvalue weighted by atomic mass is 10.2. The van der Waals surface area contributed by atoms with Crippen LogP contribution < -0.4 is 16.2 Å². The van der Waals surface area contributed by atoms with Gasteiger partial charge in [-0.05, 0) is 35.9 Å². The third-order valence-electron chi connectivity index (χ3n) is 3.27. The van der Waals surface area contributed by atoms with Gasteiger partial charge in [-0.25, -0.2) is 0 Å². The predicted molar refractivity (Wildman–Crippen MR) is 98.5 cm³/mol. The van der Waals surface area contributed by atoms with Crippen LogP contribution in [0.15, 0.2) is 54.6 Å². The smallest absolute Gasteiger partial charge is 0.270 e. The molecule has 3 N–H and O–H groups in total. The number of amides is 3. The van der Waals surface area contributed by atoms with Crippen LogP contribution in [-0.2, 0) is 9.59 Å². The van der Waals surface area contributed by atoms with Gasteiger partial charge in [0.2, 0.25) is 5.91 Å². The summed E-state index contributed by atoms with van der Waals surface area (Å²) in [6.07, 6.45) is 2.52. The van der Waals surface area contributed by atoms with Gasteiger partial charge in [0.05, 0.1) is 4.92 Å². The number of hydrogen-bond acceptors (Lipinski definition) is 5. The molecule has 2 aromatic carbocycles. The molecule has 0 saturated carbocycles. The molecular formula is C18H16N4O5. The van der Waals surface area contributed by atoms with Gasteiger partial charge in [0, 0.05) is 36.4 Å². The summed E-state index contributed by atoms with van der Waals surface area (Å²) in [6, 6.07) is 11.9. The number of hydrazine groups is 1. The Kier molecular flexibility index (Phi) is 6.37. The number of rotatable bonds is 5. The highest BCUT2D eigenvalue weighted by molar-refractivity contribution is 5.98. The lowest BCUT2D eigenvalue weighted by Crippen LogP contribution is -2.40. The van der Waals surface area contributed by atoms with Crippen molar-refractivity contribution in [2.75, 3.05) is 5.32 Å². The molecule has 2 rings (SSSR count). The third kappa shape index (κ3) is 6.09. The van der Waals surface area contributed by atoms with Crippen LogP contribution >= 0.6 is 0 Å². The Labute approximate surface area is 154 Å². The van der Waals surface area contributed by atoms with Crippen molar-refractivity contribution in [3.8, 4) is 0 Å². The lowest BCUT2D eigenvalue weighted by Gasteiger charge is -2.06. The number of nitrogens with one attached hydrogen (secondary N) is 3. The molecule has 0 aliphatic carbocycles. The molecule has 0 radical (unpaired) electrons. The van der Waals surface area contributed by atoms with Crippen LogP contribution in [0, 0.1) is 10.1 Å². The highest BCUT2D eigenvalue weighted by Crippen LogP contribution is 2.14. The molecule has 138 valence electrons. The lowest BCUT2D eigenvalue weighted by molar-refractivity contribution is -0.384. The zero-order valence-electron chi connectivity index (χ0n) is 14.3. The Bertz CT molecular complexity index is 906. The summed E-state index contributed by atoms with van der Waals surface area (Å²) < 4.78 is 0. The second-order valence-electron chi connectivity index (χ2n) is 5.39. The van der Waals surface area contributed by atoms with E-state index in [2.05, 4.69) is 16.2 Å². The monoisotopic (exact) mass is 368 g/mol. The van der Waals surface area contributed by atoms with Crippen LogP contribution in [0.25, 0.3) is 6.08 Å². The Morgan fingerprint density at radius 3 is 2.37 bits per heavy atom.